The van der Waals surface area contributed by atoms with E-state index >= 15 is 0 Å². The summed E-state index contributed by atoms with van der Waals surface area (Å²) in [5.74, 6) is 0.441. The number of ether oxygens (including phenoxy) is 1. The summed E-state index contributed by atoms with van der Waals surface area (Å²) < 4.78 is 4.14. The number of carbonyl (C=O) groups excluding carboxylic acids is 1. The quantitative estimate of drug-likeness (QED) is 0.461. The van der Waals surface area contributed by atoms with Crippen molar-refractivity contribution in [2.24, 2.45) is 0 Å². The molecule has 14 heavy (non-hydrogen) atoms. The maximum Gasteiger partial charge on any atom is 0.329 e. The highest BCUT2D eigenvalue weighted by Gasteiger charge is 1.82. The Morgan fingerprint density at radius 1 is 1.50 bits per heavy atom. The molecule has 0 radical (unpaired) electrons. The zero-order valence-electron chi connectivity index (χ0n) is 8.14. The van der Waals surface area contributed by atoms with Crippen molar-refractivity contribution in [1.82, 2.24) is 0 Å². The van der Waals surface area contributed by atoms with Crippen LogP contribution in [0, 0.1) is 0 Å². The van der Waals surface area contributed by atoms with Gasteiger partial charge in [0, 0.05) is 11.8 Å². The molecule has 1 rings (SSSR count). The highest BCUT2D eigenvalue weighted by Crippen LogP contribution is 2.00. The molecule has 1 aromatic rings. The molecule has 0 aliphatic rings. The molecule has 0 fully saturated rings. The van der Waals surface area contributed by atoms with Gasteiger partial charge in [-0.3, -0.25) is 0 Å². The fourth-order valence-corrected chi connectivity index (χ4v) is 0.878. The van der Waals surface area contributed by atoms with Crippen LogP contribution in [-0.4, -0.2) is 13.1 Å². The SMILES string of the molecule is C=CC(=O)OC.SCc1ccccc1. The molecule has 0 heterocycles. The maximum absolute atomic E-state index is 9.84. The first-order chi connectivity index (χ1) is 6.74. The lowest BCUT2D eigenvalue weighted by Crippen LogP contribution is -1.91. The van der Waals surface area contributed by atoms with Gasteiger partial charge in [-0.25, -0.2) is 4.79 Å². The van der Waals surface area contributed by atoms with Gasteiger partial charge in [0.1, 0.15) is 0 Å². The van der Waals surface area contributed by atoms with Crippen molar-refractivity contribution < 1.29 is 9.53 Å². The van der Waals surface area contributed by atoms with Crippen LogP contribution < -0.4 is 0 Å². The predicted molar refractivity (Wildman–Crippen MR) is 61.3 cm³/mol. The third-order valence-electron chi connectivity index (χ3n) is 1.39. The molecule has 0 amide bonds. The van der Waals surface area contributed by atoms with Gasteiger partial charge >= 0.3 is 5.97 Å². The van der Waals surface area contributed by atoms with Gasteiger partial charge in [0.2, 0.25) is 0 Å². The minimum atomic E-state index is -0.394. The van der Waals surface area contributed by atoms with Crippen molar-refractivity contribution in [2.75, 3.05) is 7.11 Å². The average Bonchev–Trinajstić information content (AvgIpc) is 2.30. The molecule has 0 atom stereocenters. The molecule has 0 aliphatic heterocycles. The van der Waals surface area contributed by atoms with E-state index in [-0.39, 0.29) is 0 Å². The van der Waals surface area contributed by atoms with Crippen LogP contribution in [0.25, 0.3) is 0 Å². The molecule has 0 aliphatic carbocycles. The van der Waals surface area contributed by atoms with E-state index in [0.717, 1.165) is 11.8 Å². The molecule has 0 saturated carbocycles. The third kappa shape index (κ3) is 6.31. The van der Waals surface area contributed by atoms with Crippen molar-refractivity contribution >= 4 is 18.6 Å². The minimum absolute atomic E-state index is 0.394. The maximum atomic E-state index is 9.84. The molecule has 76 valence electrons. The fourth-order valence-electron chi connectivity index (χ4n) is 0.667. The number of esters is 1. The summed E-state index contributed by atoms with van der Waals surface area (Å²) in [6, 6.07) is 10.2. The molecule has 2 nitrogen and oxygen atoms in total. The number of thiol groups is 1. The van der Waals surface area contributed by atoms with Gasteiger partial charge in [0.05, 0.1) is 7.11 Å². The van der Waals surface area contributed by atoms with Crippen LogP contribution in [0.1, 0.15) is 5.56 Å². The smallest absolute Gasteiger partial charge is 0.329 e. The second kappa shape index (κ2) is 8.38. The van der Waals surface area contributed by atoms with Gasteiger partial charge < -0.3 is 4.74 Å². The second-order valence-electron chi connectivity index (χ2n) is 2.37. The van der Waals surface area contributed by atoms with Crippen molar-refractivity contribution in [3.8, 4) is 0 Å². The lowest BCUT2D eigenvalue weighted by molar-refractivity contribution is -0.134. The monoisotopic (exact) mass is 210 g/mol. The first-order valence-corrected chi connectivity index (χ1v) is 4.73. The fraction of sp³-hybridized carbons (Fsp3) is 0.182. The molecule has 0 saturated heterocycles. The van der Waals surface area contributed by atoms with E-state index in [9.17, 15) is 4.79 Å². The van der Waals surface area contributed by atoms with E-state index in [1.807, 2.05) is 18.2 Å². The summed E-state index contributed by atoms with van der Waals surface area (Å²) in [7, 11) is 1.31. The third-order valence-corrected chi connectivity index (χ3v) is 1.76. The number of carbonyl (C=O) groups is 1. The summed E-state index contributed by atoms with van der Waals surface area (Å²) in [5.41, 5.74) is 1.27. The van der Waals surface area contributed by atoms with Gasteiger partial charge in [-0.15, -0.1) is 0 Å². The lowest BCUT2D eigenvalue weighted by atomic mass is 10.2. The van der Waals surface area contributed by atoms with E-state index in [4.69, 9.17) is 0 Å². The van der Waals surface area contributed by atoms with E-state index in [1.165, 1.54) is 12.7 Å². The zero-order chi connectivity index (χ0) is 10.8. The van der Waals surface area contributed by atoms with Crippen LogP contribution in [0.4, 0.5) is 0 Å². The Morgan fingerprint density at radius 2 is 2.07 bits per heavy atom. The summed E-state index contributed by atoms with van der Waals surface area (Å²) >= 11 is 4.11. The van der Waals surface area contributed by atoms with Gasteiger partial charge in [-0.1, -0.05) is 36.9 Å². The van der Waals surface area contributed by atoms with E-state index in [1.54, 1.807) is 0 Å². The first-order valence-electron chi connectivity index (χ1n) is 4.09. The predicted octanol–water partition coefficient (Wildman–Crippen LogP) is 2.46. The lowest BCUT2D eigenvalue weighted by Gasteiger charge is -1.89. The first kappa shape index (κ1) is 12.8. The average molecular weight is 210 g/mol. The van der Waals surface area contributed by atoms with Crippen molar-refractivity contribution in [3.05, 3.63) is 48.6 Å². The topological polar surface area (TPSA) is 26.3 Å². The molecule has 3 heteroatoms. The molecule has 0 unspecified atom stereocenters. The summed E-state index contributed by atoms with van der Waals surface area (Å²) in [5, 5.41) is 0. The van der Waals surface area contributed by atoms with Crippen LogP contribution in [0.5, 0.6) is 0 Å². The highest BCUT2D eigenvalue weighted by atomic mass is 32.1. The van der Waals surface area contributed by atoms with Crippen molar-refractivity contribution in [3.63, 3.8) is 0 Å². The number of benzene rings is 1. The molecule has 0 bridgehead atoms. The Labute approximate surface area is 90.0 Å². The van der Waals surface area contributed by atoms with Crippen LogP contribution in [0.3, 0.4) is 0 Å². The second-order valence-corrected chi connectivity index (χ2v) is 2.69. The van der Waals surface area contributed by atoms with Crippen LogP contribution in [-0.2, 0) is 15.3 Å². The molecule has 0 spiro atoms. The highest BCUT2D eigenvalue weighted by molar-refractivity contribution is 7.79. The molecule has 0 aromatic heterocycles. The van der Waals surface area contributed by atoms with Crippen molar-refractivity contribution in [1.29, 1.82) is 0 Å². The number of hydrogen-bond acceptors (Lipinski definition) is 3. The van der Waals surface area contributed by atoms with Gasteiger partial charge in [-0.05, 0) is 5.56 Å². The van der Waals surface area contributed by atoms with Gasteiger partial charge in [0.15, 0.2) is 0 Å². The molecular formula is C11H14O2S. The Morgan fingerprint density at radius 3 is 2.29 bits per heavy atom. The Hall–Kier alpha value is -1.22. The summed E-state index contributed by atoms with van der Waals surface area (Å²) in [6.45, 7) is 3.16. The van der Waals surface area contributed by atoms with Gasteiger partial charge in [-0.2, -0.15) is 12.6 Å². The minimum Gasteiger partial charge on any atom is -0.466 e. The van der Waals surface area contributed by atoms with Crippen LogP contribution in [0.15, 0.2) is 43.0 Å². The number of methoxy groups -OCH3 is 1. The standard InChI is InChI=1S/C7H8S.C4H6O2/c8-6-7-4-2-1-3-5-7;1-3-4(5)6-2/h1-5,8H,6H2;3H,1H2,2H3. The summed E-state index contributed by atoms with van der Waals surface area (Å²) in [6.07, 6.45) is 1.11. The van der Waals surface area contributed by atoms with Crippen LogP contribution in [0.2, 0.25) is 0 Å². The van der Waals surface area contributed by atoms with Gasteiger partial charge in [0.25, 0.3) is 0 Å². The Balaban J connectivity index is 0.000000255. The van der Waals surface area contributed by atoms with E-state index < -0.39 is 5.97 Å². The van der Waals surface area contributed by atoms with Crippen molar-refractivity contribution in [2.45, 2.75) is 5.75 Å². The largest absolute Gasteiger partial charge is 0.466 e. The number of rotatable bonds is 2. The molecule has 1 aromatic carbocycles. The van der Waals surface area contributed by atoms with E-state index in [2.05, 4.69) is 36.1 Å². The summed E-state index contributed by atoms with van der Waals surface area (Å²) in [4.78, 5) is 9.84. The molecule has 0 N–H and O–H groups in total. The van der Waals surface area contributed by atoms with E-state index in [0.29, 0.717) is 0 Å². The normalized spacial score (nSPS) is 8.14. The Kier molecular flexibility index (Phi) is 7.65. The Bertz CT molecular complexity index is 270. The van der Waals surface area contributed by atoms with Crippen LogP contribution >= 0.6 is 12.6 Å². The molecular weight excluding hydrogens is 196 g/mol. The zero-order valence-corrected chi connectivity index (χ0v) is 9.04. The number of hydrogen-bond donors (Lipinski definition) is 1.